The highest BCUT2D eigenvalue weighted by Gasteiger charge is 2.48. The van der Waals surface area contributed by atoms with Crippen molar-refractivity contribution in [2.75, 3.05) is 20.6 Å². The lowest BCUT2D eigenvalue weighted by Gasteiger charge is -2.53. The minimum absolute atomic E-state index is 0.215. The Morgan fingerprint density at radius 2 is 1.95 bits per heavy atom. The Morgan fingerprint density at radius 3 is 2.52 bits per heavy atom. The van der Waals surface area contributed by atoms with Crippen molar-refractivity contribution in [2.24, 2.45) is 5.41 Å². The van der Waals surface area contributed by atoms with Crippen LogP contribution in [0, 0.1) is 5.41 Å². The van der Waals surface area contributed by atoms with Gasteiger partial charge in [-0.1, -0.05) is 44.2 Å². The first-order chi connectivity index (χ1) is 9.93. The lowest BCUT2D eigenvalue weighted by atomic mass is 9.56. The third-order valence-electron chi connectivity index (χ3n) is 4.93. The van der Waals surface area contributed by atoms with E-state index in [1.54, 1.807) is 4.90 Å². The Morgan fingerprint density at radius 1 is 1.29 bits per heavy atom. The first-order valence-corrected chi connectivity index (χ1v) is 7.91. The Balaban J connectivity index is 1.76. The summed E-state index contributed by atoms with van der Waals surface area (Å²) in [5, 5.41) is 3.63. The van der Waals surface area contributed by atoms with Crippen LogP contribution in [0.25, 0.3) is 0 Å². The predicted molar refractivity (Wildman–Crippen MR) is 87.3 cm³/mol. The van der Waals surface area contributed by atoms with Gasteiger partial charge >= 0.3 is 0 Å². The van der Waals surface area contributed by atoms with E-state index in [-0.39, 0.29) is 11.3 Å². The molecule has 1 fully saturated rings. The molecule has 1 N–H and O–H groups in total. The van der Waals surface area contributed by atoms with E-state index in [1.807, 2.05) is 14.1 Å². The van der Waals surface area contributed by atoms with E-state index in [9.17, 15) is 4.79 Å². The van der Waals surface area contributed by atoms with Gasteiger partial charge in [-0.3, -0.25) is 4.79 Å². The number of benzene rings is 1. The maximum Gasteiger partial charge on any atom is 0.222 e. The van der Waals surface area contributed by atoms with Gasteiger partial charge in [0.25, 0.3) is 0 Å². The Hall–Kier alpha value is -1.35. The zero-order chi connectivity index (χ0) is 15.5. The second-order valence-corrected chi connectivity index (χ2v) is 6.92. The van der Waals surface area contributed by atoms with Gasteiger partial charge in [0, 0.05) is 26.6 Å². The summed E-state index contributed by atoms with van der Waals surface area (Å²) in [5.74, 6) is 0.853. The van der Waals surface area contributed by atoms with E-state index < -0.39 is 0 Å². The largest absolute Gasteiger partial charge is 0.349 e. The van der Waals surface area contributed by atoms with Crippen molar-refractivity contribution >= 4 is 5.91 Å². The van der Waals surface area contributed by atoms with E-state index in [1.165, 1.54) is 12.0 Å². The fourth-order valence-corrected chi connectivity index (χ4v) is 3.26. The summed E-state index contributed by atoms with van der Waals surface area (Å²) in [5.41, 5.74) is 1.73. The monoisotopic (exact) mass is 288 g/mol. The van der Waals surface area contributed by atoms with Gasteiger partial charge in [0.05, 0.1) is 0 Å². The second kappa shape index (κ2) is 6.61. The van der Waals surface area contributed by atoms with Crippen LogP contribution in [0.15, 0.2) is 30.3 Å². The quantitative estimate of drug-likeness (QED) is 0.816. The summed E-state index contributed by atoms with van der Waals surface area (Å²) >= 11 is 0. The van der Waals surface area contributed by atoms with Crippen LogP contribution < -0.4 is 5.32 Å². The van der Waals surface area contributed by atoms with Gasteiger partial charge in [-0.05, 0) is 36.3 Å². The Labute approximate surface area is 128 Å². The second-order valence-electron chi connectivity index (χ2n) is 6.92. The zero-order valence-corrected chi connectivity index (χ0v) is 13.7. The fraction of sp³-hybridized carbons (Fsp3) is 0.611. The minimum atomic E-state index is 0.215. The van der Waals surface area contributed by atoms with E-state index in [0.717, 1.165) is 13.0 Å². The van der Waals surface area contributed by atoms with Crippen LogP contribution in [0.2, 0.25) is 0 Å². The highest BCUT2D eigenvalue weighted by atomic mass is 16.2. The molecule has 1 aliphatic rings. The standard InChI is InChI=1S/C18H28N2O/c1-18(2)15(14-9-6-5-7-10-14)13-16(18)19-12-8-11-17(21)20(3)4/h5-7,9-10,15-16,19H,8,11-13H2,1-4H3/t15-,16-/m0/s1. The van der Waals surface area contributed by atoms with Gasteiger partial charge in [-0.2, -0.15) is 0 Å². The zero-order valence-electron chi connectivity index (χ0n) is 13.7. The van der Waals surface area contributed by atoms with Crippen LogP contribution >= 0.6 is 0 Å². The molecular formula is C18H28N2O. The van der Waals surface area contributed by atoms with Crippen molar-refractivity contribution in [2.45, 2.75) is 45.1 Å². The highest BCUT2D eigenvalue weighted by molar-refractivity contribution is 5.75. The lowest BCUT2D eigenvalue weighted by molar-refractivity contribution is -0.128. The summed E-state index contributed by atoms with van der Waals surface area (Å²) in [6, 6.07) is 11.3. The molecule has 0 unspecified atom stereocenters. The van der Waals surface area contributed by atoms with Gasteiger partial charge in [0.15, 0.2) is 0 Å². The van der Waals surface area contributed by atoms with Crippen molar-refractivity contribution in [1.82, 2.24) is 10.2 Å². The molecule has 2 atom stereocenters. The van der Waals surface area contributed by atoms with Crippen LogP contribution in [0.3, 0.4) is 0 Å². The molecule has 2 rings (SSSR count). The molecule has 3 nitrogen and oxygen atoms in total. The van der Waals surface area contributed by atoms with Gasteiger partial charge in [-0.15, -0.1) is 0 Å². The number of carbonyl (C=O) groups is 1. The summed E-state index contributed by atoms with van der Waals surface area (Å²) in [6.45, 7) is 5.61. The predicted octanol–water partition coefficient (Wildman–Crippen LogP) is 3.03. The molecule has 3 heteroatoms. The van der Waals surface area contributed by atoms with Crippen LogP contribution in [-0.2, 0) is 4.79 Å². The molecule has 1 amide bonds. The average Bonchev–Trinajstić information content (AvgIpc) is 2.46. The molecule has 0 bridgehead atoms. The molecule has 0 aliphatic heterocycles. The molecule has 0 saturated heterocycles. The highest BCUT2D eigenvalue weighted by Crippen LogP contribution is 2.52. The molecule has 0 spiro atoms. The number of carbonyl (C=O) groups excluding carboxylic acids is 1. The maximum absolute atomic E-state index is 11.5. The minimum Gasteiger partial charge on any atom is -0.349 e. The van der Waals surface area contributed by atoms with Crippen molar-refractivity contribution < 1.29 is 4.79 Å². The summed E-state index contributed by atoms with van der Waals surface area (Å²) < 4.78 is 0. The van der Waals surface area contributed by atoms with Crippen LogP contribution in [-0.4, -0.2) is 37.5 Å². The summed E-state index contributed by atoms with van der Waals surface area (Å²) in [4.78, 5) is 13.2. The van der Waals surface area contributed by atoms with Crippen molar-refractivity contribution in [3.05, 3.63) is 35.9 Å². The SMILES string of the molecule is CN(C)C(=O)CCCN[C@H]1C[C@@H](c2ccccc2)C1(C)C. The molecule has 1 aromatic carbocycles. The summed E-state index contributed by atoms with van der Waals surface area (Å²) in [6.07, 6.45) is 2.74. The van der Waals surface area contributed by atoms with E-state index in [4.69, 9.17) is 0 Å². The average molecular weight is 288 g/mol. The van der Waals surface area contributed by atoms with Crippen LogP contribution in [0.1, 0.15) is 44.6 Å². The number of rotatable bonds is 6. The van der Waals surface area contributed by atoms with E-state index >= 15 is 0 Å². The third-order valence-corrected chi connectivity index (χ3v) is 4.93. The molecule has 116 valence electrons. The van der Waals surface area contributed by atoms with Gasteiger partial charge < -0.3 is 10.2 Å². The number of nitrogens with zero attached hydrogens (tertiary/aromatic N) is 1. The van der Waals surface area contributed by atoms with Crippen molar-refractivity contribution in [1.29, 1.82) is 0 Å². The molecule has 1 aromatic rings. The molecule has 1 aliphatic carbocycles. The molecule has 0 heterocycles. The van der Waals surface area contributed by atoms with E-state index in [2.05, 4.69) is 49.5 Å². The molecular weight excluding hydrogens is 260 g/mol. The van der Waals surface area contributed by atoms with Gasteiger partial charge in [0.1, 0.15) is 0 Å². The summed E-state index contributed by atoms with van der Waals surface area (Å²) in [7, 11) is 3.63. The Kier molecular flexibility index (Phi) is 5.04. The number of hydrogen-bond donors (Lipinski definition) is 1. The van der Waals surface area contributed by atoms with Crippen molar-refractivity contribution in [3.8, 4) is 0 Å². The first kappa shape index (κ1) is 16.0. The maximum atomic E-state index is 11.5. The number of nitrogens with one attached hydrogen (secondary N) is 1. The molecule has 0 radical (unpaired) electrons. The first-order valence-electron chi connectivity index (χ1n) is 7.91. The Bertz CT molecular complexity index is 467. The van der Waals surface area contributed by atoms with E-state index in [0.29, 0.717) is 18.4 Å². The molecule has 0 aromatic heterocycles. The molecule has 21 heavy (non-hydrogen) atoms. The fourth-order valence-electron chi connectivity index (χ4n) is 3.26. The normalized spacial score (nSPS) is 23.4. The molecule has 1 saturated carbocycles. The number of hydrogen-bond acceptors (Lipinski definition) is 2. The van der Waals surface area contributed by atoms with Crippen LogP contribution in [0.4, 0.5) is 0 Å². The van der Waals surface area contributed by atoms with Crippen LogP contribution in [0.5, 0.6) is 0 Å². The van der Waals surface area contributed by atoms with Gasteiger partial charge in [-0.25, -0.2) is 0 Å². The van der Waals surface area contributed by atoms with Gasteiger partial charge in [0.2, 0.25) is 5.91 Å². The third kappa shape index (κ3) is 3.65. The lowest BCUT2D eigenvalue weighted by Crippen LogP contribution is -2.55. The topological polar surface area (TPSA) is 32.3 Å². The smallest absolute Gasteiger partial charge is 0.222 e. The van der Waals surface area contributed by atoms with Crippen molar-refractivity contribution in [3.63, 3.8) is 0 Å². The number of amides is 1.